The Morgan fingerprint density at radius 3 is 2.96 bits per heavy atom. The number of methoxy groups -OCH3 is 1. The van der Waals surface area contributed by atoms with E-state index in [9.17, 15) is 4.79 Å². The van der Waals surface area contributed by atoms with Crippen molar-refractivity contribution in [3.63, 3.8) is 0 Å². The molecule has 1 aromatic rings. The van der Waals surface area contributed by atoms with Crippen LogP contribution in [-0.2, 0) is 14.9 Å². The van der Waals surface area contributed by atoms with Gasteiger partial charge in [0.25, 0.3) is 0 Å². The van der Waals surface area contributed by atoms with Gasteiger partial charge in [0.1, 0.15) is 0 Å². The second kappa shape index (κ2) is 4.29. The van der Waals surface area contributed by atoms with E-state index >= 15 is 0 Å². The van der Waals surface area contributed by atoms with E-state index in [1.165, 1.54) is 44.2 Å². The highest BCUT2D eigenvalue weighted by molar-refractivity contribution is 5.95. The van der Waals surface area contributed by atoms with Gasteiger partial charge in [-0.3, -0.25) is 4.90 Å². The predicted molar refractivity (Wildman–Crippen MR) is 95.5 cm³/mol. The fraction of sp³-hybridized carbons (Fsp3) is 0.571. The van der Waals surface area contributed by atoms with Gasteiger partial charge in [-0.05, 0) is 56.8 Å². The third kappa shape index (κ3) is 1.34. The van der Waals surface area contributed by atoms with Crippen molar-refractivity contribution < 1.29 is 9.53 Å². The molecule has 4 heteroatoms. The van der Waals surface area contributed by atoms with E-state index in [0.29, 0.717) is 6.04 Å². The first-order chi connectivity index (χ1) is 12.2. The molecule has 0 amide bonds. The van der Waals surface area contributed by atoms with Crippen molar-refractivity contribution in [2.45, 2.75) is 49.1 Å². The molecule has 3 fully saturated rings. The number of carbonyl (C=O) groups excluding carboxylic acids is 1. The van der Waals surface area contributed by atoms with Gasteiger partial charge in [-0.2, -0.15) is 0 Å². The lowest BCUT2D eigenvalue weighted by Gasteiger charge is -2.65. The van der Waals surface area contributed by atoms with Crippen molar-refractivity contribution >= 4 is 11.7 Å². The number of nitrogens with one attached hydrogen (secondary N) is 1. The third-order valence-electron chi connectivity index (χ3n) is 8.04. The van der Waals surface area contributed by atoms with Crippen molar-refractivity contribution in [1.82, 2.24) is 4.90 Å². The summed E-state index contributed by atoms with van der Waals surface area (Å²) in [6, 6.07) is 9.28. The topological polar surface area (TPSA) is 41.6 Å². The van der Waals surface area contributed by atoms with Crippen LogP contribution in [0.5, 0.6) is 0 Å². The van der Waals surface area contributed by atoms with Crippen LogP contribution in [0.4, 0.5) is 5.69 Å². The quantitative estimate of drug-likeness (QED) is 0.801. The van der Waals surface area contributed by atoms with Crippen LogP contribution in [0.3, 0.4) is 0 Å². The number of esters is 1. The lowest BCUT2D eigenvalue weighted by molar-refractivity contribution is -0.139. The number of anilines is 1. The molecule has 25 heavy (non-hydrogen) atoms. The van der Waals surface area contributed by atoms with Gasteiger partial charge in [0.05, 0.1) is 18.2 Å². The molecule has 4 nitrogen and oxygen atoms in total. The van der Waals surface area contributed by atoms with E-state index in [1.807, 2.05) is 0 Å². The second-order valence-corrected chi connectivity index (χ2v) is 8.62. The molecule has 130 valence electrons. The van der Waals surface area contributed by atoms with E-state index in [4.69, 9.17) is 4.74 Å². The summed E-state index contributed by atoms with van der Waals surface area (Å²) in [5.74, 6) is -0.138. The molecule has 3 spiro atoms. The van der Waals surface area contributed by atoms with Crippen molar-refractivity contribution in [3.8, 4) is 0 Å². The molecular weight excluding hydrogens is 312 g/mol. The van der Waals surface area contributed by atoms with Crippen molar-refractivity contribution in [1.29, 1.82) is 0 Å². The molecule has 0 radical (unpaired) electrons. The maximum Gasteiger partial charge on any atom is 0.335 e. The number of piperidine rings is 1. The van der Waals surface area contributed by atoms with E-state index < -0.39 is 0 Å². The number of para-hydroxylation sites is 1. The highest BCUT2D eigenvalue weighted by Crippen LogP contribution is 2.72. The first kappa shape index (κ1) is 14.4. The maximum atomic E-state index is 12.8. The largest absolute Gasteiger partial charge is 0.466 e. The van der Waals surface area contributed by atoms with Gasteiger partial charge in [-0.25, -0.2) is 4.79 Å². The minimum Gasteiger partial charge on any atom is -0.466 e. The average Bonchev–Trinajstić information content (AvgIpc) is 3.19. The number of rotatable bonds is 1. The van der Waals surface area contributed by atoms with Gasteiger partial charge in [0.2, 0.25) is 0 Å². The first-order valence-electron chi connectivity index (χ1n) is 9.60. The van der Waals surface area contributed by atoms with Crippen LogP contribution in [-0.4, -0.2) is 42.6 Å². The molecule has 2 bridgehead atoms. The van der Waals surface area contributed by atoms with Gasteiger partial charge < -0.3 is 10.1 Å². The van der Waals surface area contributed by atoms with Gasteiger partial charge in [0.15, 0.2) is 0 Å². The molecule has 1 aromatic carbocycles. The molecule has 0 aromatic heterocycles. The smallest absolute Gasteiger partial charge is 0.335 e. The molecular formula is C21H24N2O2. The number of hydrogen-bond donors (Lipinski definition) is 1. The molecule has 1 N–H and O–H groups in total. The molecule has 6 aliphatic rings. The summed E-state index contributed by atoms with van der Waals surface area (Å²) in [5.41, 5.74) is 3.42. The van der Waals surface area contributed by atoms with Crippen LogP contribution < -0.4 is 5.32 Å². The number of nitrogens with zero attached hydrogens (tertiary/aromatic N) is 1. The minimum absolute atomic E-state index is 0.0144. The van der Waals surface area contributed by atoms with E-state index in [2.05, 4.69) is 40.6 Å². The molecule has 3 heterocycles. The summed E-state index contributed by atoms with van der Waals surface area (Å²) in [5, 5.41) is 3.86. The Kier molecular flexibility index (Phi) is 2.47. The van der Waals surface area contributed by atoms with Crippen LogP contribution in [0.15, 0.2) is 35.9 Å². The standard InChI is InChI=1S/C21H24N2O2/c1-25-17(24)15-13-19-7-4-11-23-12-10-20(18(19)23)14-5-2-3-6-16(14)22-21(15,20)9-8-19/h2-3,5-6,13,18,22H,4,7-12H2,1H3/t18-,19?,20+,21?/m0/s1. The SMILES string of the molecule is COC(=O)C1=CC23CCCN4CC[C@@]5(c6ccccc6NC15CC2)[C@@H]43. The lowest BCUT2D eigenvalue weighted by Crippen LogP contribution is -2.72. The van der Waals surface area contributed by atoms with Gasteiger partial charge in [0, 0.05) is 22.6 Å². The van der Waals surface area contributed by atoms with Crippen LogP contribution >= 0.6 is 0 Å². The molecule has 4 atom stereocenters. The summed E-state index contributed by atoms with van der Waals surface area (Å²) in [4.78, 5) is 15.6. The number of carbonyl (C=O) groups is 1. The number of ether oxygens (including phenoxy) is 1. The molecule has 3 aliphatic carbocycles. The second-order valence-electron chi connectivity index (χ2n) is 8.62. The number of benzene rings is 1. The highest BCUT2D eigenvalue weighted by atomic mass is 16.5. The fourth-order valence-corrected chi connectivity index (χ4v) is 7.41. The Bertz CT molecular complexity index is 833. The Morgan fingerprint density at radius 1 is 1.20 bits per heavy atom. The monoisotopic (exact) mass is 336 g/mol. The molecule has 2 unspecified atom stereocenters. The zero-order valence-electron chi connectivity index (χ0n) is 14.7. The van der Waals surface area contributed by atoms with Crippen molar-refractivity contribution in [2.75, 3.05) is 25.5 Å². The normalized spacial score (nSPS) is 42.9. The first-order valence-corrected chi connectivity index (χ1v) is 9.60. The lowest BCUT2D eigenvalue weighted by atomic mass is 9.43. The summed E-state index contributed by atoms with van der Waals surface area (Å²) >= 11 is 0. The van der Waals surface area contributed by atoms with Crippen molar-refractivity contribution in [3.05, 3.63) is 41.5 Å². The Balaban J connectivity index is 1.70. The van der Waals surface area contributed by atoms with Crippen LogP contribution in [0, 0.1) is 5.41 Å². The zero-order chi connectivity index (χ0) is 16.9. The molecule has 1 saturated carbocycles. The van der Waals surface area contributed by atoms with E-state index in [-0.39, 0.29) is 22.3 Å². The number of fused-ring (bicyclic) bond motifs is 2. The summed E-state index contributed by atoms with van der Waals surface area (Å²) in [7, 11) is 1.52. The summed E-state index contributed by atoms with van der Waals surface area (Å²) in [6.45, 7) is 2.35. The number of hydrogen-bond acceptors (Lipinski definition) is 4. The zero-order valence-corrected chi connectivity index (χ0v) is 14.7. The van der Waals surface area contributed by atoms with Crippen molar-refractivity contribution in [2.24, 2.45) is 5.41 Å². The fourth-order valence-electron chi connectivity index (χ4n) is 7.41. The van der Waals surface area contributed by atoms with E-state index in [0.717, 1.165) is 25.0 Å². The van der Waals surface area contributed by atoms with Gasteiger partial charge in [-0.15, -0.1) is 0 Å². The molecule has 7 rings (SSSR count). The highest BCUT2D eigenvalue weighted by Gasteiger charge is 2.76. The average molecular weight is 336 g/mol. The van der Waals surface area contributed by atoms with Gasteiger partial charge >= 0.3 is 5.97 Å². The Morgan fingerprint density at radius 2 is 2.08 bits per heavy atom. The summed E-state index contributed by atoms with van der Waals surface area (Å²) < 4.78 is 5.26. The third-order valence-corrected chi connectivity index (χ3v) is 8.04. The minimum atomic E-state index is -0.289. The molecule has 3 aliphatic heterocycles. The predicted octanol–water partition coefficient (Wildman–Crippen LogP) is 2.85. The summed E-state index contributed by atoms with van der Waals surface area (Å²) in [6.07, 6.45) is 8.12. The maximum absolute atomic E-state index is 12.8. The van der Waals surface area contributed by atoms with Crippen LogP contribution in [0.1, 0.15) is 37.7 Å². The van der Waals surface area contributed by atoms with Crippen LogP contribution in [0.25, 0.3) is 0 Å². The van der Waals surface area contributed by atoms with Crippen LogP contribution in [0.2, 0.25) is 0 Å². The van der Waals surface area contributed by atoms with Gasteiger partial charge in [-0.1, -0.05) is 24.3 Å². The molecule has 2 saturated heterocycles. The Hall–Kier alpha value is -1.81. The Labute approximate surface area is 148 Å². The van der Waals surface area contributed by atoms with E-state index in [1.54, 1.807) is 0 Å².